The summed E-state index contributed by atoms with van der Waals surface area (Å²) >= 11 is 0. The summed E-state index contributed by atoms with van der Waals surface area (Å²) in [6.07, 6.45) is 5.44. The number of nitrogens with zero attached hydrogens (tertiary/aromatic N) is 1. The zero-order valence-electron chi connectivity index (χ0n) is 17.3. The number of anilines is 1. The summed E-state index contributed by atoms with van der Waals surface area (Å²) in [5.41, 5.74) is 5.49. The molecule has 0 saturated carbocycles. The van der Waals surface area contributed by atoms with Crippen molar-refractivity contribution in [3.05, 3.63) is 65.4 Å². The maximum atomic E-state index is 12.1. The molecule has 0 atom stereocenters. The molecular formula is C24H28N4O2. The zero-order valence-corrected chi connectivity index (χ0v) is 17.3. The molecule has 1 fully saturated rings. The molecule has 0 aliphatic carbocycles. The number of aromatic amines is 1. The van der Waals surface area contributed by atoms with Gasteiger partial charge in [0.25, 0.3) is 0 Å². The van der Waals surface area contributed by atoms with Crippen molar-refractivity contribution in [1.29, 1.82) is 0 Å². The third-order valence-corrected chi connectivity index (χ3v) is 5.63. The second-order valence-corrected chi connectivity index (χ2v) is 7.89. The maximum absolute atomic E-state index is 12.1. The highest BCUT2D eigenvalue weighted by Crippen LogP contribution is 2.21. The molecule has 4 rings (SSSR count). The summed E-state index contributed by atoms with van der Waals surface area (Å²) in [6.45, 7) is 3.89. The number of aromatic nitrogens is 1. The topological polar surface area (TPSA) is 77.2 Å². The smallest absolute Gasteiger partial charge is 0.315 e. The number of hydrogen-bond acceptors (Lipinski definition) is 2. The molecule has 0 bridgehead atoms. The van der Waals surface area contributed by atoms with Gasteiger partial charge in [-0.2, -0.15) is 0 Å². The quantitative estimate of drug-likeness (QED) is 0.580. The number of carbonyl (C=O) groups is 2. The second kappa shape index (κ2) is 9.03. The Kier molecular flexibility index (Phi) is 6.02. The van der Waals surface area contributed by atoms with Gasteiger partial charge < -0.3 is 20.5 Å². The van der Waals surface area contributed by atoms with E-state index in [1.807, 2.05) is 35.4 Å². The van der Waals surface area contributed by atoms with Crippen LogP contribution >= 0.6 is 0 Å². The summed E-state index contributed by atoms with van der Waals surface area (Å²) in [6, 6.07) is 14.0. The summed E-state index contributed by atoms with van der Waals surface area (Å²) in [5.74, 6) is 0.192. The fourth-order valence-corrected chi connectivity index (χ4v) is 3.94. The van der Waals surface area contributed by atoms with Gasteiger partial charge in [0.2, 0.25) is 5.91 Å². The van der Waals surface area contributed by atoms with Crippen LogP contribution < -0.4 is 15.5 Å². The van der Waals surface area contributed by atoms with E-state index in [-0.39, 0.29) is 11.9 Å². The number of rotatable bonds is 6. The first-order valence-electron chi connectivity index (χ1n) is 10.6. The van der Waals surface area contributed by atoms with Gasteiger partial charge >= 0.3 is 6.03 Å². The van der Waals surface area contributed by atoms with Crippen LogP contribution in [-0.2, 0) is 17.8 Å². The van der Waals surface area contributed by atoms with Crippen LogP contribution in [0.25, 0.3) is 10.9 Å². The molecule has 1 aliphatic rings. The van der Waals surface area contributed by atoms with Crippen LogP contribution in [0.1, 0.15) is 36.0 Å². The lowest BCUT2D eigenvalue weighted by Gasteiger charge is -2.26. The highest BCUT2D eigenvalue weighted by molar-refractivity contribution is 5.94. The van der Waals surface area contributed by atoms with Gasteiger partial charge in [0, 0.05) is 48.8 Å². The Morgan fingerprint density at radius 1 is 1.10 bits per heavy atom. The average Bonchev–Trinajstić information content (AvgIpc) is 3.15. The third kappa shape index (κ3) is 4.64. The van der Waals surface area contributed by atoms with Gasteiger partial charge in [-0.25, -0.2) is 4.79 Å². The first-order chi connectivity index (χ1) is 14.6. The highest BCUT2D eigenvalue weighted by atomic mass is 16.2. The zero-order chi connectivity index (χ0) is 20.9. The van der Waals surface area contributed by atoms with Crippen molar-refractivity contribution in [1.82, 2.24) is 15.6 Å². The molecule has 1 saturated heterocycles. The van der Waals surface area contributed by atoms with E-state index in [0.29, 0.717) is 19.5 Å². The van der Waals surface area contributed by atoms with E-state index in [2.05, 4.69) is 40.7 Å². The molecule has 30 heavy (non-hydrogen) atoms. The lowest BCUT2D eigenvalue weighted by Crippen LogP contribution is -2.36. The Labute approximate surface area is 176 Å². The standard InChI is InChI=1S/C24H28N4O2/c1-17-5-10-21-19(16-26-22(21)14-17)11-12-25-24(30)27-15-18-6-8-20(9-7-18)28-13-3-2-4-23(28)29/h5-10,14,16,26H,2-4,11-13,15H2,1H3,(H2,25,27,30). The molecule has 0 radical (unpaired) electrons. The number of aryl methyl sites for hydroxylation is 1. The predicted molar refractivity (Wildman–Crippen MR) is 120 cm³/mol. The van der Waals surface area contributed by atoms with Crippen LogP contribution in [0.5, 0.6) is 0 Å². The first kappa shape index (κ1) is 20.0. The van der Waals surface area contributed by atoms with Gasteiger partial charge in [0.15, 0.2) is 0 Å². The lowest BCUT2D eigenvalue weighted by atomic mass is 10.1. The number of H-pyrrole nitrogens is 1. The predicted octanol–water partition coefficient (Wildman–Crippen LogP) is 4.04. The van der Waals surface area contributed by atoms with Crippen molar-refractivity contribution in [2.75, 3.05) is 18.0 Å². The van der Waals surface area contributed by atoms with E-state index in [0.717, 1.165) is 42.6 Å². The van der Waals surface area contributed by atoms with Gasteiger partial charge in [-0.3, -0.25) is 4.79 Å². The van der Waals surface area contributed by atoms with E-state index in [1.54, 1.807) is 0 Å². The van der Waals surface area contributed by atoms with Gasteiger partial charge in [0.1, 0.15) is 0 Å². The fourth-order valence-electron chi connectivity index (χ4n) is 3.94. The van der Waals surface area contributed by atoms with E-state index in [4.69, 9.17) is 0 Å². The minimum Gasteiger partial charge on any atom is -0.361 e. The molecule has 2 aromatic carbocycles. The lowest BCUT2D eigenvalue weighted by molar-refractivity contribution is -0.119. The van der Waals surface area contributed by atoms with Crippen LogP contribution in [-0.4, -0.2) is 30.0 Å². The molecule has 156 valence electrons. The number of piperidine rings is 1. The minimum absolute atomic E-state index is 0.180. The van der Waals surface area contributed by atoms with Crippen LogP contribution in [0.4, 0.5) is 10.5 Å². The Bertz CT molecular complexity index is 1040. The van der Waals surface area contributed by atoms with Crippen molar-refractivity contribution < 1.29 is 9.59 Å². The van der Waals surface area contributed by atoms with Gasteiger partial charge in [0.05, 0.1) is 0 Å². The molecular weight excluding hydrogens is 376 g/mol. The highest BCUT2D eigenvalue weighted by Gasteiger charge is 2.19. The van der Waals surface area contributed by atoms with Gasteiger partial charge in [-0.1, -0.05) is 24.3 Å². The number of fused-ring (bicyclic) bond motifs is 1. The molecule has 1 aliphatic heterocycles. The van der Waals surface area contributed by atoms with Crippen molar-refractivity contribution in [3.8, 4) is 0 Å². The third-order valence-electron chi connectivity index (χ3n) is 5.63. The summed E-state index contributed by atoms with van der Waals surface area (Å²) < 4.78 is 0. The molecule has 3 N–H and O–H groups in total. The monoisotopic (exact) mass is 404 g/mol. The number of urea groups is 1. The molecule has 0 unspecified atom stereocenters. The van der Waals surface area contributed by atoms with Crippen molar-refractivity contribution in [2.24, 2.45) is 0 Å². The van der Waals surface area contributed by atoms with E-state index in [1.165, 1.54) is 16.5 Å². The summed E-state index contributed by atoms with van der Waals surface area (Å²) in [4.78, 5) is 29.3. The number of nitrogens with one attached hydrogen (secondary N) is 3. The molecule has 3 amide bonds. The van der Waals surface area contributed by atoms with E-state index >= 15 is 0 Å². The Morgan fingerprint density at radius 2 is 1.93 bits per heavy atom. The summed E-state index contributed by atoms with van der Waals surface area (Å²) in [7, 11) is 0. The second-order valence-electron chi connectivity index (χ2n) is 7.89. The molecule has 0 spiro atoms. The molecule has 3 aromatic rings. The number of carbonyl (C=O) groups excluding carboxylic acids is 2. The van der Waals surface area contributed by atoms with Crippen LogP contribution in [0.2, 0.25) is 0 Å². The minimum atomic E-state index is -0.180. The van der Waals surface area contributed by atoms with Gasteiger partial charge in [-0.15, -0.1) is 0 Å². The molecule has 2 heterocycles. The molecule has 6 nitrogen and oxygen atoms in total. The number of hydrogen-bond donors (Lipinski definition) is 3. The first-order valence-corrected chi connectivity index (χ1v) is 10.6. The average molecular weight is 405 g/mol. The Hall–Kier alpha value is -3.28. The van der Waals surface area contributed by atoms with E-state index < -0.39 is 0 Å². The van der Waals surface area contributed by atoms with E-state index in [9.17, 15) is 9.59 Å². The van der Waals surface area contributed by atoms with Crippen LogP contribution in [0, 0.1) is 6.92 Å². The molecule has 6 heteroatoms. The van der Waals surface area contributed by atoms with Crippen LogP contribution in [0.15, 0.2) is 48.7 Å². The molecule has 1 aromatic heterocycles. The summed E-state index contributed by atoms with van der Waals surface area (Å²) in [5, 5.41) is 7.02. The van der Waals surface area contributed by atoms with Gasteiger partial charge in [-0.05, 0) is 61.1 Å². The number of amides is 3. The Balaban J connectivity index is 1.23. The maximum Gasteiger partial charge on any atom is 0.315 e. The largest absolute Gasteiger partial charge is 0.361 e. The Morgan fingerprint density at radius 3 is 2.73 bits per heavy atom. The van der Waals surface area contributed by atoms with Crippen molar-refractivity contribution >= 4 is 28.5 Å². The van der Waals surface area contributed by atoms with Crippen LogP contribution in [0.3, 0.4) is 0 Å². The SMILES string of the molecule is Cc1ccc2c(CCNC(=O)NCc3ccc(N4CCCCC4=O)cc3)c[nH]c2c1. The number of benzene rings is 2. The normalized spacial score (nSPS) is 14.2. The van der Waals surface area contributed by atoms with Crippen molar-refractivity contribution in [3.63, 3.8) is 0 Å². The fraction of sp³-hybridized carbons (Fsp3) is 0.333. The van der Waals surface area contributed by atoms with Crippen molar-refractivity contribution in [2.45, 2.75) is 39.2 Å².